The molecule has 3 nitrogen and oxygen atoms in total. The number of aliphatic hydroxyl groups is 1. The molecule has 0 saturated heterocycles. The normalized spacial score (nSPS) is 22.2. The Balaban J connectivity index is 1.78. The van der Waals surface area contributed by atoms with Gasteiger partial charge in [0.15, 0.2) is 0 Å². The molecule has 1 N–H and O–H groups in total. The van der Waals surface area contributed by atoms with Crippen molar-refractivity contribution in [3.63, 3.8) is 0 Å². The molecular formula is C25H30N2O. The van der Waals surface area contributed by atoms with Crippen molar-refractivity contribution in [2.24, 2.45) is 0 Å². The van der Waals surface area contributed by atoms with Crippen LogP contribution in [0.4, 0.5) is 0 Å². The Bertz CT molecular complexity index is 952. The standard InChI is InChI=1S/C25H30N2O/c1-27(2)16-8-15-25(28)22-12-5-3-9-19(22)11-7-13-23(25)21-17-20-10-4-6-14-24(20)26-18-21/h3-6,9-10,12,14,17-18,23,28H,7-8,11,13,15-16H2,1-2H3/t23-,25-/m0/s1. The van der Waals surface area contributed by atoms with Gasteiger partial charge in [0.2, 0.25) is 0 Å². The lowest BCUT2D eigenvalue weighted by Crippen LogP contribution is -2.34. The fourth-order valence-corrected chi connectivity index (χ4v) is 4.78. The van der Waals surface area contributed by atoms with Crippen LogP contribution in [0.25, 0.3) is 10.9 Å². The van der Waals surface area contributed by atoms with Gasteiger partial charge in [-0.05, 0) is 81.6 Å². The van der Waals surface area contributed by atoms with Crippen molar-refractivity contribution >= 4 is 10.9 Å². The van der Waals surface area contributed by atoms with Gasteiger partial charge in [-0.2, -0.15) is 0 Å². The summed E-state index contributed by atoms with van der Waals surface area (Å²) in [7, 11) is 4.19. The van der Waals surface area contributed by atoms with E-state index in [-0.39, 0.29) is 5.92 Å². The molecule has 2 atom stereocenters. The number of hydrogen-bond acceptors (Lipinski definition) is 3. The van der Waals surface area contributed by atoms with E-state index in [1.54, 1.807) is 0 Å². The number of pyridine rings is 1. The van der Waals surface area contributed by atoms with Crippen LogP contribution in [0.2, 0.25) is 0 Å². The zero-order valence-corrected chi connectivity index (χ0v) is 16.9. The fraction of sp³-hybridized carbons (Fsp3) is 0.400. The highest BCUT2D eigenvalue weighted by atomic mass is 16.3. The first-order chi connectivity index (χ1) is 13.6. The highest BCUT2D eigenvalue weighted by molar-refractivity contribution is 5.78. The van der Waals surface area contributed by atoms with Crippen molar-refractivity contribution in [2.45, 2.75) is 43.6 Å². The molecule has 28 heavy (non-hydrogen) atoms. The maximum absolute atomic E-state index is 12.2. The maximum Gasteiger partial charge on any atom is 0.0968 e. The molecule has 0 unspecified atom stereocenters. The number of rotatable bonds is 5. The van der Waals surface area contributed by atoms with Gasteiger partial charge in [0.1, 0.15) is 0 Å². The van der Waals surface area contributed by atoms with Crippen molar-refractivity contribution in [1.82, 2.24) is 9.88 Å². The van der Waals surface area contributed by atoms with Gasteiger partial charge in [0.25, 0.3) is 0 Å². The van der Waals surface area contributed by atoms with E-state index in [9.17, 15) is 5.11 Å². The van der Waals surface area contributed by atoms with Gasteiger partial charge in [0, 0.05) is 17.5 Å². The molecule has 0 bridgehead atoms. The fourth-order valence-electron chi connectivity index (χ4n) is 4.78. The van der Waals surface area contributed by atoms with Crippen LogP contribution in [0.1, 0.15) is 48.3 Å². The first-order valence-electron chi connectivity index (χ1n) is 10.4. The second kappa shape index (κ2) is 8.02. The topological polar surface area (TPSA) is 36.4 Å². The quantitative estimate of drug-likeness (QED) is 0.646. The van der Waals surface area contributed by atoms with E-state index >= 15 is 0 Å². The molecule has 1 heterocycles. The summed E-state index contributed by atoms with van der Waals surface area (Å²) in [5.74, 6) is 0.0652. The Morgan fingerprint density at radius 1 is 1.11 bits per heavy atom. The third-order valence-corrected chi connectivity index (χ3v) is 6.18. The molecule has 2 aromatic carbocycles. The molecule has 146 valence electrons. The van der Waals surface area contributed by atoms with E-state index in [1.165, 1.54) is 5.56 Å². The number of para-hydroxylation sites is 1. The highest BCUT2D eigenvalue weighted by Gasteiger charge is 2.41. The summed E-state index contributed by atoms with van der Waals surface area (Å²) in [4.78, 5) is 6.89. The summed E-state index contributed by atoms with van der Waals surface area (Å²) >= 11 is 0. The third-order valence-electron chi connectivity index (χ3n) is 6.18. The minimum absolute atomic E-state index is 0.0652. The molecule has 0 fully saturated rings. The first-order valence-corrected chi connectivity index (χ1v) is 10.4. The molecule has 0 aliphatic heterocycles. The van der Waals surface area contributed by atoms with Crippen LogP contribution in [0.5, 0.6) is 0 Å². The molecule has 1 aromatic heterocycles. The molecule has 3 heteroatoms. The Kier molecular flexibility index (Phi) is 5.47. The Morgan fingerprint density at radius 3 is 2.75 bits per heavy atom. The minimum atomic E-state index is -0.854. The number of aryl methyl sites for hydroxylation is 1. The van der Waals surface area contributed by atoms with Crippen LogP contribution >= 0.6 is 0 Å². The zero-order valence-electron chi connectivity index (χ0n) is 16.9. The largest absolute Gasteiger partial charge is 0.385 e. The van der Waals surface area contributed by atoms with Gasteiger partial charge in [-0.3, -0.25) is 4.98 Å². The number of benzene rings is 2. The molecule has 1 aliphatic rings. The molecule has 0 radical (unpaired) electrons. The van der Waals surface area contributed by atoms with E-state index in [0.29, 0.717) is 0 Å². The second-order valence-electron chi connectivity index (χ2n) is 8.39. The van der Waals surface area contributed by atoms with Crippen LogP contribution in [-0.4, -0.2) is 35.6 Å². The van der Waals surface area contributed by atoms with Gasteiger partial charge in [-0.25, -0.2) is 0 Å². The highest BCUT2D eigenvalue weighted by Crippen LogP contribution is 2.47. The minimum Gasteiger partial charge on any atom is -0.385 e. The Hall–Kier alpha value is -2.23. The molecule has 0 saturated carbocycles. The molecule has 4 rings (SSSR count). The summed E-state index contributed by atoms with van der Waals surface area (Å²) in [5, 5.41) is 13.3. The summed E-state index contributed by atoms with van der Waals surface area (Å²) in [5.41, 5.74) is 3.72. The molecule has 0 spiro atoms. The van der Waals surface area contributed by atoms with E-state index in [2.05, 4.69) is 61.5 Å². The lowest BCUT2D eigenvalue weighted by Gasteiger charge is -2.37. The number of fused-ring (bicyclic) bond motifs is 2. The van der Waals surface area contributed by atoms with Crippen LogP contribution in [0.3, 0.4) is 0 Å². The monoisotopic (exact) mass is 374 g/mol. The Morgan fingerprint density at radius 2 is 1.89 bits per heavy atom. The summed E-state index contributed by atoms with van der Waals surface area (Å²) in [6, 6.07) is 19.0. The van der Waals surface area contributed by atoms with E-state index in [0.717, 1.165) is 60.7 Å². The lowest BCUT2D eigenvalue weighted by molar-refractivity contribution is -0.00610. The van der Waals surface area contributed by atoms with Crippen molar-refractivity contribution in [1.29, 1.82) is 0 Å². The Labute approximate surface area is 168 Å². The average Bonchev–Trinajstić information content (AvgIpc) is 2.84. The summed E-state index contributed by atoms with van der Waals surface area (Å²) in [6.45, 7) is 0.979. The van der Waals surface area contributed by atoms with E-state index in [1.807, 2.05) is 18.3 Å². The summed E-state index contributed by atoms with van der Waals surface area (Å²) < 4.78 is 0. The van der Waals surface area contributed by atoms with Crippen LogP contribution in [-0.2, 0) is 12.0 Å². The predicted molar refractivity (Wildman–Crippen MR) is 116 cm³/mol. The number of aromatic nitrogens is 1. The van der Waals surface area contributed by atoms with Gasteiger partial charge in [-0.1, -0.05) is 42.5 Å². The van der Waals surface area contributed by atoms with Gasteiger partial charge in [0.05, 0.1) is 11.1 Å². The third kappa shape index (κ3) is 3.69. The molecular weight excluding hydrogens is 344 g/mol. The SMILES string of the molecule is CN(C)CCC[C@]1(O)c2ccccc2CCC[C@H]1c1cnc2ccccc2c1. The maximum atomic E-state index is 12.2. The van der Waals surface area contributed by atoms with E-state index < -0.39 is 5.60 Å². The zero-order chi connectivity index (χ0) is 19.6. The first kappa shape index (κ1) is 19.1. The lowest BCUT2D eigenvalue weighted by atomic mass is 9.73. The van der Waals surface area contributed by atoms with Crippen molar-refractivity contribution in [3.05, 3.63) is 77.5 Å². The van der Waals surface area contributed by atoms with E-state index in [4.69, 9.17) is 4.98 Å². The summed E-state index contributed by atoms with van der Waals surface area (Å²) in [6.07, 6.45) is 6.81. The predicted octanol–water partition coefficient (Wildman–Crippen LogP) is 4.88. The second-order valence-corrected chi connectivity index (χ2v) is 8.39. The van der Waals surface area contributed by atoms with Gasteiger partial charge < -0.3 is 10.0 Å². The molecule has 0 amide bonds. The number of nitrogens with zero attached hydrogens (tertiary/aromatic N) is 2. The smallest absolute Gasteiger partial charge is 0.0968 e. The van der Waals surface area contributed by atoms with Gasteiger partial charge >= 0.3 is 0 Å². The molecule has 1 aliphatic carbocycles. The average molecular weight is 375 g/mol. The van der Waals surface area contributed by atoms with Crippen molar-refractivity contribution in [3.8, 4) is 0 Å². The van der Waals surface area contributed by atoms with Crippen LogP contribution in [0.15, 0.2) is 60.8 Å². The van der Waals surface area contributed by atoms with Crippen LogP contribution in [0, 0.1) is 0 Å². The van der Waals surface area contributed by atoms with Crippen LogP contribution < -0.4 is 0 Å². The molecule has 3 aromatic rings. The number of hydrogen-bond donors (Lipinski definition) is 1. The van der Waals surface area contributed by atoms with Gasteiger partial charge in [-0.15, -0.1) is 0 Å². The van der Waals surface area contributed by atoms with Crippen molar-refractivity contribution in [2.75, 3.05) is 20.6 Å². The van der Waals surface area contributed by atoms with Crippen molar-refractivity contribution < 1.29 is 5.11 Å².